The molecule has 129 heavy (non-hydrogen) atoms. The van der Waals surface area contributed by atoms with Gasteiger partial charge in [0.15, 0.2) is 6.29 Å². The minimum absolute atomic E-state index is 0.0941. The molecule has 2 atom stereocenters. The van der Waals surface area contributed by atoms with Gasteiger partial charge in [-0.25, -0.2) is 9.97 Å². The molecule has 0 fully saturated rings. The van der Waals surface area contributed by atoms with Crippen LogP contribution in [0.5, 0.6) is 17.6 Å². The minimum atomic E-state index is -1.14. The molecule has 0 aromatic carbocycles. The molecule has 0 amide bonds. The summed E-state index contributed by atoms with van der Waals surface area (Å²) in [6, 6.07) is 25.4. The van der Waals surface area contributed by atoms with Crippen LogP contribution in [0.2, 0.25) is 128 Å². The summed E-state index contributed by atoms with van der Waals surface area (Å²) in [5, 5.41) is 13.5. The predicted molar refractivity (Wildman–Crippen MR) is 541 cm³/mol. The Bertz CT molecular complexity index is 4840. The van der Waals surface area contributed by atoms with Crippen LogP contribution >= 0.6 is 47.8 Å². The number of aliphatic hydroxyl groups is 1. The van der Waals surface area contributed by atoms with E-state index in [1.54, 1.807) is 12.1 Å². The maximum Gasteiger partial charge on any atom is 0.310 e. The third-order valence-electron chi connectivity index (χ3n) is 20.0. The van der Waals surface area contributed by atoms with E-state index < -0.39 is 57.9 Å². The molecule has 1 aliphatic rings. The van der Waals surface area contributed by atoms with E-state index in [4.69, 9.17) is 76.7 Å². The molecule has 0 saturated heterocycles. The summed E-state index contributed by atoms with van der Waals surface area (Å²) in [7, 11) is -5.36. The number of esters is 1. The molecular formula is C94H151Br3F2N10O15Si5. The zero-order valence-electron chi connectivity index (χ0n) is 81.6. The second-order valence-corrected chi connectivity index (χ2v) is 69.8. The summed E-state index contributed by atoms with van der Waals surface area (Å²) < 4.78 is 112. The molecular weight excluding hydrogens is 1930 g/mol. The monoisotopic (exact) mass is 2070 g/mol. The fraction of sp³-hybridized carbons (Fsp3) is 0.617. The molecule has 11 rings (SSSR count). The van der Waals surface area contributed by atoms with E-state index in [0.29, 0.717) is 105 Å². The van der Waals surface area contributed by atoms with Crippen LogP contribution in [0.1, 0.15) is 106 Å². The molecule has 0 spiro atoms. The number of hydrogen-bond acceptors (Lipinski definition) is 20. The zero-order valence-corrected chi connectivity index (χ0v) is 91.4. The van der Waals surface area contributed by atoms with Gasteiger partial charge in [0.2, 0.25) is 29.5 Å². The largest absolute Gasteiger partial charge is 0.477 e. The first-order valence-electron chi connectivity index (χ1n) is 45.6. The zero-order chi connectivity index (χ0) is 95.3. The Balaban J connectivity index is 0.000000245. The molecule has 11 heterocycles. The van der Waals surface area contributed by atoms with E-state index >= 15 is 0 Å². The van der Waals surface area contributed by atoms with Gasteiger partial charge < -0.3 is 89.5 Å². The Morgan fingerprint density at radius 2 is 0.783 bits per heavy atom. The number of hydrogen-bond donors (Lipinski definition) is 1. The number of aromatic nitrogens is 10. The van der Waals surface area contributed by atoms with Crippen molar-refractivity contribution in [2.45, 2.75) is 293 Å². The molecule has 0 radical (unpaired) electrons. The molecule has 2 unspecified atom stereocenters. The van der Waals surface area contributed by atoms with Gasteiger partial charge in [-0.1, -0.05) is 98.2 Å². The Morgan fingerprint density at radius 1 is 0.450 bits per heavy atom. The highest BCUT2D eigenvalue weighted by atomic mass is 79.9. The smallest absolute Gasteiger partial charge is 0.310 e. The lowest BCUT2D eigenvalue weighted by molar-refractivity contribution is -0.154. The second kappa shape index (κ2) is 55.4. The molecule has 10 aromatic heterocycles. The SMILES string of the molecule is CCOC(C)CCOc1nc2c(ccn2COCC[Si](C)(C)C)cc1Br.CCOC(C)CCOc1nc2c(ccn2COCC[Si](C)(C)C)cc1CC(=O)OC(C)(C)C.CCOC(CCO)OCC.C[Si](C)(C)CCOCn1ccc2cc(Br)c(F)nc21.C[Si](C)(C)CCOCn1ccc2cc(Br)c(F)nc21.C[Si](C)(C)CCOCn1ccc2cc3c(nc21)OCCCC3. The molecule has 35 heteroatoms. The molecule has 722 valence electrons. The minimum Gasteiger partial charge on any atom is -0.477 e. The van der Waals surface area contributed by atoms with Gasteiger partial charge in [-0.3, -0.25) is 4.79 Å². The highest BCUT2D eigenvalue weighted by Crippen LogP contribution is 2.32. The molecule has 10 aromatic rings. The van der Waals surface area contributed by atoms with Gasteiger partial charge in [0.1, 0.15) is 67.5 Å². The van der Waals surface area contributed by atoms with Gasteiger partial charge in [-0.05, 0) is 220 Å². The van der Waals surface area contributed by atoms with Crippen LogP contribution in [0.15, 0.2) is 105 Å². The second-order valence-electron chi connectivity index (χ2n) is 39.2. The number of halogens is 5. The maximum absolute atomic E-state index is 13.4. The van der Waals surface area contributed by atoms with Gasteiger partial charge in [-0.2, -0.15) is 23.7 Å². The number of ether oxygens (including phenoxy) is 13. The summed E-state index contributed by atoms with van der Waals surface area (Å²) >= 11 is 9.83. The van der Waals surface area contributed by atoms with Crippen molar-refractivity contribution in [3.05, 3.63) is 128 Å². The van der Waals surface area contributed by atoms with E-state index in [1.165, 1.54) is 23.4 Å². The van der Waals surface area contributed by atoms with Crippen LogP contribution in [0.25, 0.3) is 55.2 Å². The summed E-state index contributed by atoms with van der Waals surface area (Å²) in [6.07, 6.45) is 15.4. The summed E-state index contributed by atoms with van der Waals surface area (Å²) in [5.74, 6) is 0.601. The van der Waals surface area contributed by atoms with Gasteiger partial charge in [-0.15, -0.1) is 0 Å². The average Bonchev–Trinajstić information content (AvgIpc) is 1.69. The Hall–Kier alpha value is -5.70. The number of nitrogens with zero attached hydrogens (tertiary/aromatic N) is 10. The van der Waals surface area contributed by atoms with Crippen molar-refractivity contribution in [3.63, 3.8) is 0 Å². The van der Waals surface area contributed by atoms with Crippen LogP contribution in [0, 0.1) is 11.9 Å². The molecule has 0 saturated carbocycles. The van der Waals surface area contributed by atoms with Gasteiger partial charge in [0, 0.05) is 195 Å². The number of aliphatic hydroxyl groups excluding tert-OH is 1. The topological polar surface area (TPSA) is 246 Å². The highest BCUT2D eigenvalue weighted by Gasteiger charge is 2.24. The van der Waals surface area contributed by atoms with Crippen molar-refractivity contribution in [1.82, 2.24) is 47.8 Å². The third-order valence-corrected chi connectivity index (χ3v) is 30.2. The lowest BCUT2D eigenvalue weighted by Crippen LogP contribution is -2.25. The first-order chi connectivity index (χ1) is 60.8. The molecule has 0 bridgehead atoms. The Labute approximate surface area is 796 Å². The van der Waals surface area contributed by atoms with E-state index in [1.807, 2.05) is 129 Å². The van der Waals surface area contributed by atoms with Crippen LogP contribution in [-0.2, 0) is 98.7 Å². The highest BCUT2D eigenvalue weighted by molar-refractivity contribution is 9.11. The first kappa shape index (κ1) is 112. The quantitative estimate of drug-likeness (QED) is 0.0122. The van der Waals surface area contributed by atoms with Crippen molar-refractivity contribution in [2.24, 2.45) is 0 Å². The van der Waals surface area contributed by atoms with Gasteiger partial charge in [0.25, 0.3) is 0 Å². The predicted octanol–water partition coefficient (Wildman–Crippen LogP) is 24.1. The number of pyridine rings is 5. The standard InChI is InChI=1S/C25H42N2O5Si.C19H31BrN2O3Si.C17H26N2O2Si.2C13H18BrFN2OSi.C7H16O3/c1-9-30-19(2)11-13-31-24-21(17-22(28)32-25(3,4)5)16-20-10-12-27(23(20)26-24)18-29-14-15-33(6,7)8;1-6-24-15(2)8-10-25-19-17(20)13-16-7-9-22(18(16)21-19)14-23-11-12-26(3,4)5;1-22(2,3)11-10-20-13-19-8-7-14-12-15-6-4-5-9-21-17(15)18-16(14)19;2*1-19(2,3)7-6-18-9-17-5-4-10-8-11(14)12(15)16-13(10)17;1-3-9-7(5-6-8)10-4-2/h10,12,16,19H,9,11,13-15,17-18H2,1-8H3;7,9,13,15H,6,8,10-12,14H2,1-5H3;7-8,12H,4-6,9-11,13H2,1-3H3;2*4-5,8H,6-7,9H2,1-3H3;7-8H,3-6H2,1-2H3. The van der Waals surface area contributed by atoms with Gasteiger partial charge >= 0.3 is 5.97 Å². The molecule has 1 aliphatic heterocycles. The fourth-order valence-electron chi connectivity index (χ4n) is 12.6. The van der Waals surface area contributed by atoms with Crippen LogP contribution in [0.3, 0.4) is 0 Å². The molecule has 0 aliphatic carbocycles. The maximum atomic E-state index is 13.4. The fourth-order valence-corrected chi connectivity index (χ4v) is 17.5. The Kier molecular flexibility index (Phi) is 48.1. The molecule has 1 N–H and O–H groups in total. The summed E-state index contributed by atoms with van der Waals surface area (Å²) in [5.41, 5.74) is 5.29. The van der Waals surface area contributed by atoms with Crippen molar-refractivity contribution in [1.29, 1.82) is 0 Å². The van der Waals surface area contributed by atoms with E-state index in [-0.39, 0.29) is 37.5 Å². The van der Waals surface area contributed by atoms with Crippen molar-refractivity contribution < 1.29 is 80.3 Å². The summed E-state index contributed by atoms with van der Waals surface area (Å²) in [6.45, 7) is 63.3. The van der Waals surface area contributed by atoms with E-state index in [9.17, 15) is 13.6 Å². The third kappa shape index (κ3) is 42.8. The van der Waals surface area contributed by atoms with Crippen LogP contribution in [-0.4, -0.2) is 209 Å². The Morgan fingerprint density at radius 3 is 1.14 bits per heavy atom. The lowest BCUT2D eigenvalue weighted by Gasteiger charge is -2.20. The van der Waals surface area contributed by atoms with Crippen LogP contribution in [0.4, 0.5) is 8.78 Å². The lowest BCUT2D eigenvalue weighted by atomic mass is 10.1. The van der Waals surface area contributed by atoms with Crippen molar-refractivity contribution in [3.8, 4) is 17.6 Å². The number of carbonyl (C=O) groups excluding carboxylic acids is 1. The number of rotatable bonds is 45. The number of carbonyl (C=O) groups is 1. The molecule has 25 nitrogen and oxygen atoms in total. The van der Waals surface area contributed by atoms with Crippen LogP contribution < -0.4 is 14.2 Å². The van der Waals surface area contributed by atoms with Crippen molar-refractivity contribution in [2.75, 3.05) is 85.9 Å². The normalized spacial score (nSPS) is 13.2. The summed E-state index contributed by atoms with van der Waals surface area (Å²) in [4.78, 5) is 34.6. The number of fused-ring (bicyclic) bond motifs is 6. The van der Waals surface area contributed by atoms with E-state index in [0.717, 1.165) is 151 Å². The van der Waals surface area contributed by atoms with Crippen molar-refractivity contribution >= 4 is 149 Å². The first-order valence-corrected chi connectivity index (χ1v) is 66.5. The van der Waals surface area contributed by atoms with Gasteiger partial charge in [0.05, 0.1) is 51.9 Å². The number of aryl methyl sites for hydroxylation is 1. The average molecular weight is 2080 g/mol. The van der Waals surface area contributed by atoms with E-state index in [2.05, 4.69) is 197 Å².